The summed E-state index contributed by atoms with van der Waals surface area (Å²) >= 11 is 0. The minimum Gasteiger partial charge on any atom is -0.260 e. The summed E-state index contributed by atoms with van der Waals surface area (Å²) in [4.78, 5) is 2.89. The molecule has 0 amide bonds. The van der Waals surface area contributed by atoms with Gasteiger partial charge >= 0.3 is 6.18 Å². The summed E-state index contributed by atoms with van der Waals surface area (Å²) in [5, 5.41) is 0. The number of hydrogen-bond acceptors (Lipinski definition) is 1. The molecule has 0 aromatic heterocycles. The van der Waals surface area contributed by atoms with Gasteiger partial charge in [0.05, 0.1) is 0 Å². The fraction of sp³-hybridized carbons (Fsp3) is 0.375. The van der Waals surface area contributed by atoms with Gasteiger partial charge in [-0.2, -0.15) is 13.2 Å². The van der Waals surface area contributed by atoms with Crippen LogP contribution in [0, 0.1) is 0 Å². The van der Waals surface area contributed by atoms with E-state index < -0.39 is 11.9 Å². The lowest BCUT2D eigenvalue weighted by molar-refractivity contribution is -0.0922. The van der Waals surface area contributed by atoms with E-state index in [1.54, 1.807) is 19.9 Å². The van der Waals surface area contributed by atoms with Gasteiger partial charge in [0.2, 0.25) is 0 Å². The molecule has 0 spiro atoms. The molecule has 0 fully saturated rings. The topological polar surface area (TPSA) is 12.4 Å². The second kappa shape index (κ2) is 4.09. The lowest BCUT2D eigenvalue weighted by Gasteiger charge is -2.05. The Bertz CT molecular complexity index is 223. The Morgan fingerprint density at radius 1 is 1.42 bits per heavy atom. The molecule has 0 unspecified atom stereocenters. The molecule has 12 heavy (non-hydrogen) atoms. The first-order valence-corrected chi connectivity index (χ1v) is 3.30. The number of halogens is 3. The first kappa shape index (κ1) is 10.9. The van der Waals surface area contributed by atoms with Crippen LogP contribution in [0.5, 0.6) is 0 Å². The number of alkyl halides is 3. The van der Waals surface area contributed by atoms with E-state index in [0.717, 1.165) is 6.08 Å². The quantitative estimate of drug-likeness (QED) is 0.454. The van der Waals surface area contributed by atoms with Crippen molar-refractivity contribution in [1.29, 1.82) is 0 Å². The van der Waals surface area contributed by atoms with Crippen LogP contribution >= 0.6 is 0 Å². The van der Waals surface area contributed by atoms with Crippen LogP contribution < -0.4 is 0 Å². The third kappa shape index (κ3) is 3.37. The molecule has 0 aliphatic heterocycles. The van der Waals surface area contributed by atoms with Gasteiger partial charge in [-0.3, -0.25) is 4.99 Å². The molecule has 0 N–H and O–H groups in total. The van der Waals surface area contributed by atoms with E-state index in [2.05, 4.69) is 11.7 Å². The van der Waals surface area contributed by atoms with E-state index in [9.17, 15) is 13.2 Å². The predicted octanol–water partition coefficient (Wildman–Crippen LogP) is 3.10. The molecule has 0 rings (SSSR count). The molecule has 0 atom stereocenters. The van der Waals surface area contributed by atoms with Crippen LogP contribution in [-0.2, 0) is 0 Å². The van der Waals surface area contributed by atoms with Crippen LogP contribution in [0.2, 0.25) is 0 Å². The Labute approximate surface area is 69.3 Å². The SMILES string of the molecule is C=N/C(=C\C(C)=C/C)C(F)(F)F. The van der Waals surface area contributed by atoms with Crippen molar-refractivity contribution < 1.29 is 13.2 Å². The highest BCUT2D eigenvalue weighted by Crippen LogP contribution is 2.26. The van der Waals surface area contributed by atoms with Crippen molar-refractivity contribution >= 4 is 6.72 Å². The molecular formula is C8H10F3N. The molecule has 0 heterocycles. The Morgan fingerprint density at radius 2 is 1.92 bits per heavy atom. The summed E-state index contributed by atoms with van der Waals surface area (Å²) < 4.78 is 36.0. The maximum Gasteiger partial charge on any atom is 0.433 e. The number of allylic oxidation sites excluding steroid dienone is 4. The van der Waals surface area contributed by atoms with Crippen LogP contribution in [0.1, 0.15) is 13.8 Å². The fourth-order valence-corrected chi connectivity index (χ4v) is 0.516. The van der Waals surface area contributed by atoms with E-state index >= 15 is 0 Å². The van der Waals surface area contributed by atoms with Crippen LogP contribution in [0.4, 0.5) is 13.2 Å². The number of nitrogens with zero attached hydrogens (tertiary/aromatic N) is 1. The summed E-state index contributed by atoms with van der Waals surface area (Å²) in [6.07, 6.45) is -1.89. The zero-order chi connectivity index (χ0) is 9.78. The smallest absolute Gasteiger partial charge is 0.260 e. The molecule has 68 valence electrons. The normalized spacial score (nSPS) is 14.8. The maximum absolute atomic E-state index is 12.0. The summed E-state index contributed by atoms with van der Waals surface area (Å²) in [5.74, 6) is 0. The first-order chi connectivity index (χ1) is 5.41. The van der Waals surface area contributed by atoms with Gasteiger partial charge in [0.1, 0.15) is 5.70 Å². The van der Waals surface area contributed by atoms with Crippen molar-refractivity contribution in [3.63, 3.8) is 0 Å². The largest absolute Gasteiger partial charge is 0.433 e. The molecule has 0 aliphatic rings. The Kier molecular flexibility index (Phi) is 3.73. The third-order valence-corrected chi connectivity index (χ3v) is 1.28. The molecule has 0 aromatic rings. The standard InChI is InChI=1S/C8H10F3N/c1-4-6(2)5-7(12-3)8(9,10)11/h4-5H,3H2,1-2H3/b6-4-,7-5-. The highest BCUT2D eigenvalue weighted by atomic mass is 19.4. The van der Waals surface area contributed by atoms with Gasteiger partial charge < -0.3 is 0 Å². The Hall–Kier alpha value is -1.06. The zero-order valence-corrected chi connectivity index (χ0v) is 6.94. The van der Waals surface area contributed by atoms with Gasteiger partial charge in [0, 0.05) is 0 Å². The van der Waals surface area contributed by atoms with Crippen LogP contribution in [-0.4, -0.2) is 12.9 Å². The minimum atomic E-state index is -4.41. The van der Waals surface area contributed by atoms with E-state index in [-0.39, 0.29) is 0 Å². The average molecular weight is 177 g/mol. The molecule has 0 bridgehead atoms. The predicted molar refractivity (Wildman–Crippen MR) is 43.1 cm³/mol. The van der Waals surface area contributed by atoms with Crippen molar-refractivity contribution in [2.24, 2.45) is 4.99 Å². The summed E-state index contributed by atoms with van der Waals surface area (Å²) in [6.45, 7) is 6.07. The molecule has 0 aromatic carbocycles. The molecule has 0 radical (unpaired) electrons. The van der Waals surface area contributed by atoms with Crippen molar-refractivity contribution in [3.8, 4) is 0 Å². The minimum absolute atomic E-state index is 0.509. The first-order valence-electron chi connectivity index (χ1n) is 3.30. The molecule has 4 heteroatoms. The van der Waals surface area contributed by atoms with Crippen molar-refractivity contribution in [1.82, 2.24) is 0 Å². The summed E-state index contributed by atoms with van der Waals surface area (Å²) in [5.41, 5.74) is -0.451. The highest BCUT2D eigenvalue weighted by molar-refractivity contribution is 5.33. The van der Waals surface area contributed by atoms with Gasteiger partial charge in [0.15, 0.2) is 0 Å². The molecular weight excluding hydrogens is 167 g/mol. The van der Waals surface area contributed by atoms with Crippen LogP contribution in [0.15, 0.2) is 28.4 Å². The van der Waals surface area contributed by atoms with Crippen LogP contribution in [0.25, 0.3) is 0 Å². The van der Waals surface area contributed by atoms with Gasteiger partial charge in [0.25, 0.3) is 0 Å². The van der Waals surface area contributed by atoms with E-state index in [4.69, 9.17) is 0 Å². The average Bonchev–Trinajstić information content (AvgIpc) is 1.97. The third-order valence-electron chi connectivity index (χ3n) is 1.28. The van der Waals surface area contributed by atoms with Gasteiger partial charge in [-0.05, 0) is 26.6 Å². The number of rotatable bonds is 2. The second-order valence-electron chi connectivity index (χ2n) is 2.22. The fourth-order valence-electron chi connectivity index (χ4n) is 0.516. The molecule has 0 saturated carbocycles. The van der Waals surface area contributed by atoms with E-state index in [0.29, 0.717) is 5.57 Å². The van der Waals surface area contributed by atoms with Gasteiger partial charge in [-0.25, -0.2) is 0 Å². The number of aliphatic imine (C=N–C) groups is 1. The monoisotopic (exact) mass is 177 g/mol. The highest BCUT2D eigenvalue weighted by Gasteiger charge is 2.32. The van der Waals surface area contributed by atoms with E-state index in [1.165, 1.54) is 0 Å². The number of hydrogen-bond donors (Lipinski definition) is 0. The van der Waals surface area contributed by atoms with Crippen molar-refractivity contribution in [3.05, 3.63) is 23.4 Å². The van der Waals surface area contributed by atoms with Crippen LogP contribution in [0.3, 0.4) is 0 Å². The lowest BCUT2D eigenvalue weighted by Crippen LogP contribution is -2.09. The Morgan fingerprint density at radius 3 is 2.17 bits per heavy atom. The van der Waals surface area contributed by atoms with Gasteiger partial charge in [-0.1, -0.05) is 11.6 Å². The molecule has 0 aliphatic carbocycles. The lowest BCUT2D eigenvalue weighted by atomic mass is 10.2. The second-order valence-corrected chi connectivity index (χ2v) is 2.22. The maximum atomic E-state index is 12.0. The van der Waals surface area contributed by atoms with Crippen molar-refractivity contribution in [2.75, 3.05) is 0 Å². The molecule has 1 nitrogen and oxygen atoms in total. The summed E-state index contributed by atoms with van der Waals surface area (Å²) in [7, 11) is 0. The van der Waals surface area contributed by atoms with Crippen molar-refractivity contribution in [2.45, 2.75) is 20.0 Å². The Balaban J connectivity index is 4.80. The van der Waals surface area contributed by atoms with E-state index in [1.807, 2.05) is 0 Å². The summed E-state index contributed by atoms with van der Waals surface area (Å²) in [6, 6.07) is 0. The molecule has 0 saturated heterocycles. The zero-order valence-electron chi connectivity index (χ0n) is 6.94. The van der Waals surface area contributed by atoms with Gasteiger partial charge in [-0.15, -0.1) is 0 Å².